The van der Waals surface area contributed by atoms with Crippen LogP contribution in [0.3, 0.4) is 0 Å². The molecule has 0 spiro atoms. The number of hydrogen-bond donors (Lipinski definition) is 0. The van der Waals surface area contributed by atoms with Crippen molar-refractivity contribution >= 4 is 12.1 Å². The van der Waals surface area contributed by atoms with E-state index in [0.717, 1.165) is 28.0 Å². The van der Waals surface area contributed by atoms with Gasteiger partial charge in [0.05, 0.1) is 6.61 Å². The molecule has 4 nitrogen and oxygen atoms in total. The maximum atomic E-state index is 9.91. The summed E-state index contributed by atoms with van der Waals surface area (Å²) in [6.45, 7) is 2.57. The first-order valence-electron chi connectivity index (χ1n) is 9.74. The zero-order valence-corrected chi connectivity index (χ0v) is 16.6. The third-order valence-electron chi connectivity index (χ3n) is 4.62. The molecule has 0 N–H and O–H groups in total. The molecule has 0 fully saturated rings. The first kappa shape index (κ1) is 19.2. The Labute approximate surface area is 175 Å². The van der Waals surface area contributed by atoms with Crippen molar-refractivity contribution in [3.63, 3.8) is 0 Å². The Kier molecular flexibility index (Phi) is 5.73. The van der Waals surface area contributed by atoms with Gasteiger partial charge in [-0.1, -0.05) is 60.7 Å². The van der Waals surface area contributed by atoms with Gasteiger partial charge in [0.25, 0.3) is 0 Å². The minimum Gasteiger partial charge on any atom is -0.494 e. The number of hydrogen-bond acceptors (Lipinski definition) is 4. The van der Waals surface area contributed by atoms with Gasteiger partial charge in [0, 0.05) is 17.3 Å². The average molecular weight is 392 g/mol. The molecule has 1 aromatic heterocycles. The van der Waals surface area contributed by atoms with Gasteiger partial charge in [-0.25, -0.2) is 4.99 Å². The van der Waals surface area contributed by atoms with Crippen molar-refractivity contribution < 1.29 is 9.15 Å². The molecule has 0 bridgehead atoms. The molecule has 0 unspecified atom stereocenters. The molecule has 0 radical (unpaired) electrons. The Bertz CT molecular complexity index is 1190. The number of benzene rings is 3. The Morgan fingerprint density at radius 3 is 2.13 bits per heavy atom. The van der Waals surface area contributed by atoms with Gasteiger partial charge < -0.3 is 9.15 Å². The van der Waals surface area contributed by atoms with Gasteiger partial charge in [-0.2, -0.15) is 5.26 Å². The molecule has 4 heteroatoms. The van der Waals surface area contributed by atoms with E-state index in [1.165, 1.54) is 0 Å². The second-order valence-corrected chi connectivity index (χ2v) is 6.59. The predicted molar refractivity (Wildman–Crippen MR) is 119 cm³/mol. The number of nitriles is 1. The van der Waals surface area contributed by atoms with Crippen molar-refractivity contribution in [1.82, 2.24) is 0 Å². The summed E-state index contributed by atoms with van der Waals surface area (Å²) in [6, 6.07) is 29.5. The van der Waals surface area contributed by atoms with Crippen LogP contribution in [-0.4, -0.2) is 12.8 Å². The monoisotopic (exact) mass is 392 g/mol. The fourth-order valence-electron chi connectivity index (χ4n) is 3.24. The smallest absolute Gasteiger partial charge is 0.238 e. The number of rotatable bonds is 6. The second kappa shape index (κ2) is 8.93. The topological polar surface area (TPSA) is 58.5 Å². The molecule has 4 aromatic rings. The van der Waals surface area contributed by atoms with Gasteiger partial charge in [0.2, 0.25) is 5.88 Å². The molecular formula is C26H20N2O2. The third-order valence-corrected chi connectivity index (χ3v) is 4.62. The lowest BCUT2D eigenvalue weighted by Gasteiger charge is -2.03. The highest BCUT2D eigenvalue weighted by Gasteiger charge is 2.22. The van der Waals surface area contributed by atoms with Crippen LogP contribution in [0.2, 0.25) is 0 Å². The zero-order chi connectivity index (χ0) is 20.8. The van der Waals surface area contributed by atoms with Crippen LogP contribution in [0.1, 0.15) is 18.1 Å². The minimum absolute atomic E-state index is 0.295. The van der Waals surface area contributed by atoms with Crippen LogP contribution in [0, 0.1) is 11.3 Å². The summed E-state index contributed by atoms with van der Waals surface area (Å²) < 4.78 is 11.6. The van der Waals surface area contributed by atoms with Crippen LogP contribution in [0.5, 0.6) is 5.75 Å². The SMILES string of the molecule is CCOc1ccc(/C=N/c2oc(-c3ccccc3)c(-c3ccccc3)c2C#N)cc1. The molecule has 0 saturated heterocycles. The van der Waals surface area contributed by atoms with Crippen molar-refractivity contribution in [2.45, 2.75) is 6.92 Å². The number of nitrogens with zero attached hydrogens (tertiary/aromatic N) is 2. The van der Waals surface area contributed by atoms with Crippen molar-refractivity contribution in [3.8, 4) is 34.3 Å². The van der Waals surface area contributed by atoms with Crippen molar-refractivity contribution in [3.05, 3.63) is 96.1 Å². The summed E-state index contributed by atoms with van der Waals surface area (Å²) in [6.07, 6.45) is 1.69. The number of ether oxygens (including phenoxy) is 1. The molecule has 0 saturated carbocycles. The molecule has 0 aliphatic heterocycles. The van der Waals surface area contributed by atoms with E-state index >= 15 is 0 Å². The molecule has 0 atom stereocenters. The van der Waals surface area contributed by atoms with Crippen molar-refractivity contribution in [1.29, 1.82) is 5.26 Å². The van der Waals surface area contributed by atoms with Gasteiger partial charge >= 0.3 is 0 Å². The fourth-order valence-corrected chi connectivity index (χ4v) is 3.24. The molecule has 0 amide bonds. The van der Waals surface area contributed by atoms with Crippen LogP contribution in [0.15, 0.2) is 94.3 Å². The standard InChI is InChI=1S/C26H20N2O2/c1-2-29-22-15-13-19(14-16-22)18-28-26-23(17-27)24(20-9-5-3-6-10-20)25(30-26)21-11-7-4-8-12-21/h3-16,18H,2H2,1H3/b28-18+. The summed E-state index contributed by atoms with van der Waals surface area (Å²) in [5.41, 5.74) is 3.88. The highest BCUT2D eigenvalue weighted by Crippen LogP contribution is 2.42. The normalized spacial score (nSPS) is 10.8. The number of furan rings is 1. The maximum Gasteiger partial charge on any atom is 0.238 e. The summed E-state index contributed by atoms with van der Waals surface area (Å²) in [5, 5.41) is 9.91. The maximum absolute atomic E-state index is 9.91. The largest absolute Gasteiger partial charge is 0.494 e. The van der Waals surface area contributed by atoms with E-state index in [4.69, 9.17) is 9.15 Å². The van der Waals surface area contributed by atoms with Crippen LogP contribution in [0.25, 0.3) is 22.5 Å². The van der Waals surface area contributed by atoms with Gasteiger partial charge in [-0.15, -0.1) is 0 Å². The van der Waals surface area contributed by atoms with Gasteiger partial charge in [0.1, 0.15) is 23.1 Å². The summed E-state index contributed by atoms with van der Waals surface area (Å²) >= 11 is 0. The van der Waals surface area contributed by atoms with E-state index in [1.807, 2.05) is 91.9 Å². The summed E-state index contributed by atoms with van der Waals surface area (Å²) in [5.74, 6) is 1.74. The quantitative estimate of drug-likeness (QED) is 0.346. The lowest BCUT2D eigenvalue weighted by Crippen LogP contribution is -1.91. The molecule has 4 rings (SSSR count). The zero-order valence-electron chi connectivity index (χ0n) is 16.6. The Morgan fingerprint density at radius 1 is 0.900 bits per heavy atom. The highest BCUT2D eigenvalue weighted by atomic mass is 16.5. The van der Waals surface area contributed by atoms with Crippen LogP contribution >= 0.6 is 0 Å². The van der Waals surface area contributed by atoms with E-state index in [9.17, 15) is 5.26 Å². The van der Waals surface area contributed by atoms with Gasteiger partial charge in [0.15, 0.2) is 0 Å². The molecule has 3 aromatic carbocycles. The van der Waals surface area contributed by atoms with E-state index in [-0.39, 0.29) is 0 Å². The van der Waals surface area contributed by atoms with E-state index in [0.29, 0.717) is 23.8 Å². The van der Waals surface area contributed by atoms with E-state index < -0.39 is 0 Å². The molecule has 30 heavy (non-hydrogen) atoms. The Morgan fingerprint density at radius 2 is 1.53 bits per heavy atom. The third kappa shape index (κ3) is 4.01. The second-order valence-electron chi connectivity index (χ2n) is 6.59. The van der Waals surface area contributed by atoms with Crippen LogP contribution in [-0.2, 0) is 0 Å². The van der Waals surface area contributed by atoms with Gasteiger partial charge in [-0.05, 0) is 42.3 Å². The first-order valence-corrected chi connectivity index (χ1v) is 9.74. The lowest BCUT2D eigenvalue weighted by molar-refractivity contribution is 0.340. The molecule has 146 valence electrons. The molecule has 1 heterocycles. The molecule has 0 aliphatic carbocycles. The molecular weight excluding hydrogens is 372 g/mol. The summed E-state index contributed by atoms with van der Waals surface area (Å²) in [7, 11) is 0. The number of aliphatic imine (C=N–C) groups is 1. The van der Waals surface area contributed by atoms with Gasteiger partial charge in [-0.3, -0.25) is 0 Å². The fraction of sp³-hybridized carbons (Fsp3) is 0.0769. The Hall–Kier alpha value is -4.10. The Balaban J connectivity index is 1.79. The van der Waals surface area contributed by atoms with Crippen molar-refractivity contribution in [2.75, 3.05) is 6.61 Å². The van der Waals surface area contributed by atoms with E-state index in [2.05, 4.69) is 11.1 Å². The summed E-state index contributed by atoms with van der Waals surface area (Å²) in [4.78, 5) is 4.50. The van der Waals surface area contributed by atoms with Crippen LogP contribution < -0.4 is 4.74 Å². The van der Waals surface area contributed by atoms with Crippen molar-refractivity contribution in [2.24, 2.45) is 4.99 Å². The van der Waals surface area contributed by atoms with Crippen LogP contribution in [0.4, 0.5) is 5.88 Å². The molecule has 0 aliphatic rings. The average Bonchev–Trinajstić information content (AvgIpc) is 3.18. The first-order chi connectivity index (χ1) is 14.8. The predicted octanol–water partition coefficient (Wildman–Crippen LogP) is 6.63. The van der Waals surface area contributed by atoms with E-state index in [1.54, 1.807) is 6.21 Å². The highest BCUT2D eigenvalue weighted by molar-refractivity contribution is 5.89. The lowest BCUT2D eigenvalue weighted by atomic mass is 9.98. The minimum atomic E-state index is 0.295.